The van der Waals surface area contributed by atoms with Gasteiger partial charge in [-0.2, -0.15) is 20.5 Å². The molecule has 3 aromatic carbocycles. The molecule has 0 fully saturated rings. The number of halogens is 1. The van der Waals surface area contributed by atoms with Gasteiger partial charge in [0.2, 0.25) is 0 Å². The van der Waals surface area contributed by atoms with Crippen molar-refractivity contribution in [3.63, 3.8) is 0 Å². The Labute approximate surface area is 172 Å². The van der Waals surface area contributed by atoms with Gasteiger partial charge in [-0.05, 0) is 60.7 Å². The van der Waals surface area contributed by atoms with Crippen LogP contribution >= 0.6 is 11.6 Å². The Bertz CT molecular complexity index is 1270. The number of nitrogens with one attached hydrogen (secondary N) is 1. The summed E-state index contributed by atoms with van der Waals surface area (Å²) < 4.78 is 51.4. The molecule has 7 nitrogen and oxygen atoms in total. The summed E-state index contributed by atoms with van der Waals surface area (Å²) in [6.07, 6.45) is 0. The number of carbonyl (C=O) groups excluding carboxylic acids is 1. The first kappa shape index (κ1) is 19.4. The maximum atomic E-state index is 12.7. The molecule has 0 spiro atoms. The molecule has 1 heterocycles. The van der Waals surface area contributed by atoms with Crippen molar-refractivity contribution in [3.8, 4) is 0 Å². The number of carbonyl (C=O) groups is 1. The molecule has 0 radical (unpaired) electrons. The molecule has 0 unspecified atom stereocenters. The number of fused-ring (bicyclic) bond motifs is 1. The molecule has 10 heteroatoms. The fourth-order valence-corrected chi connectivity index (χ4v) is 7.51. The molecule has 29 heavy (non-hydrogen) atoms. The van der Waals surface area contributed by atoms with Gasteiger partial charge in [-0.25, -0.2) is 0 Å². The van der Waals surface area contributed by atoms with Crippen LogP contribution in [0.1, 0.15) is 10.4 Å². The van der Waals surface area contributed by atoms with Crippen LogP contribution in [0, 0.1) is 0 Å². The number of anilines is 2. The van der Waals surface area contributed by atoms with Crippen molar-refractivity contribution >= 4 is 48.9 Å². The second-order valence-corrected chi connectivity index (χ2v) is 10.3. The van der Waals surface area contributed by atoms with Gasteiger partial charge in [0.25, 0.3) is 26.0 Å². The first-order valence-corrected chi connectivity index (χ1v) is 11.5. The Morgan fingerprint density at radius 2 is 1.28 bits per heavy atom. The summed E-state index contributed by atoms with van der Waals surface area (Å²) in [4.78, 5) is 11.7. The fraction of sp³-hybridized carbons (Fsp3) is 0. The van der Waals surface area contributed by atoms with Gasteiger partial charge >= 0.3 is 0 Å². The molecule has 0 atom stereocenters. The third kappa shape index (κ3) is 3.27. The van der Waals surface area contributed by atoms with Gasteiger partial charge in [-0.15, -0.1) is 0 Å². The molecule has 0 saturated carbocycles. The molecule has 1 aliphatic rings. The molecule has 1 aliphatic heterocycles. The molecular formula is C19H13ClN2O5S2. The number of sulfonamides is 2. The highest BCUT2D eigenvalue weighted by atomic mass is 35.5. The molecule has 0 bridgehead atoms. The average Bonchev–Trinajstić information content (AvgIpc) is 2.85. The second-order valence-electron chi connectivity index (χ2n) is 6.16. The lowest BCUT2D eigenvalue weighted by Gasteiger charge is -2.16. The highest BCUT2D eigenvalue weighted by molar-refractivity contribution is 8.12. The molecule has 0 aromatic heterocycles. The molecular weight excluding hydrogens is 436 g/mol. The van der Waals surface area contributed by atoms with Crippen molar-refractivity contribution in [2.45, 2.75) is 9.79 Å². The minimum Gasteiger partial charge on any atom is -0.322 e. The van der Waals surface area contributed by atoms with Crippen molar-refractivity contribution in [2.24, 2.45) is 0 Å². The maximum absolute atomic E-state index is 12.7. The van der Waals surface area contributed by atoms with Crippen molar-refractivity contribution < 1.29 is 21.6 Å². The Morgan fingerprint density at radius 3 is 1.79 bits per heavy atom. The molecule has 1 N–H and O–H groups in total. The quantitative estimate of drug-likeness (QED) is 0.661. The molecule has 3 aromatic rings. The highest BCUT2D eigenvalue weighted by Gasteiger charge is 2.47. The summed E-state index contributed by atoms with van der Waals surface area (Å²) in [6, 6.07) is 17.2. The summed E-state index contributed by atoms with van der Waals surface area (Å²) in [6.45, 7) is 0. The van der Waals surface area contributed by atoms with Crippen LogP contribution in [-0.2, 0) is 20.0 Å². The lowest BCUT2D eigenvalue weighted by Crippen LogP contribution is -2.30. The highest BCUT2D eigenvalue weighted by Crippen LogP contribution is 2.40. The van der Waals surface area contributed by atoms with E-state index in [2.05, 4.69) is 5.32 Å². The van der Waals surface area contributed by atoms with E-state index in [1.807, 2.05) is 0 Å². The van der Waals surface area contributed by atoms with Gasteiger partial charge in [-0.1, -0.05) is 23.7 Å². The summed E-state index contributed by atoms with van der Waals surface area (Å²) in [7, 11) is -8.49. The first-order chi connectivity index (χ1) is 13.7. The van der Waals surface area contributed by atoms with Crippen LogP contribution in [-0.4, -0.2) is 22.7 Å². The number of benzene rings is 3. The van der Waals surface area contributed by atoms with Crippen molar-refractivity contribution in [1.29, 1.82) is 0 Å². The van der Waals surface area contributed by atoms with Gasteiger partial charge in [-0.3, -0.25) is 4.79 Å². The Morgan fingerprint density at radius 1 is 0.759 bits per heavy atom. The largest absolute Gasteiger partial charge is 0.322 e. The predicted octanol–water partition coefficient (Wildman–Crippen LogP) is 3.49. The second kappa shape index (κ2) is 6.87. The van der Waals surface area contributed by atoms with Gasteiger partial charge in [0.15, 0.2) is 0 Å². The average molecular weight is 449 g/mol. The zero-order valence-electron chi connectivity index (χ0n) is 14.6. The van der Waals surface area contributed by atoms with Crippen molar-refractivity contribution in [1.82, 2.24) is 0 Å². The summed E-state index contributed by atoms with van der Waals surface area (Å²) in [5, 5.41) is 3.15. The summed E-state index contributed by atoms with van der Waals surface area (Å²) >= 11 is 5.80. The fourth-order valence-electron chi connectivity index (χ4n) is 2.93. The van der Waals surface area contributed by atoms with Gasteiger partial charge in [0.05, 0.1) is 5.69 Å². The monoisotopic (exact) mass is 448 g/mol. The first-order valence-electron chi connectivity index (χ1n) is 8.28. The molecule has 4 rings (SSSR count). The van der Waals surface area contributed by atoms with Crippen LogP contribution in [0.2, 0.25) is 5.02 Å². The molecule has 1 amide bonds. The Balaban J connectivity index is 1.63. The van der Waals surface area contributed by atoms with Gasteiger partial charge in [0, 0.05) is 16.3 Å². The van der Waals surface area contributed by atoms with E-state index in [1.165, 1.54) is 48.5 Å². The van der Waals surface area contributed by atoms with Crippen LogP contribution < -0.4 is 9.03 Å². The lowest BCUT2D eigenvalue weighted by atomic mass is 10.2. The number of nitrogens with zero attached hydrogens (tertiary/aromatic N) is 1. The van der Waals surface area contributed by atoms with E-state index >= 15 is 0 Å². The zero-order valence-corrected chi connectivity index (χ0v) is 17.0. The predicted molar refractivity (Wildman–Crippen MR) is 109 cm³/mol. The normalized spacial score (nSPS) is 16.2. The molecule has 0 aliphatic carbocycles. The SMILES string of the molecule is O=C(Nc1ccc(N2S(=O)(=O)c3ccccc3S2(=O)=O)cc1)c1ccc(Cl)cc1. The smallest absolute Gasteiger partial charge is 0.279 e. The maximum Gasteiger partial charge on any atom is 0.279 e. The van der Waals surface area contributed by atoms with Crippen molar-refractivity contribution in [3.05, 3.63) is 83.4 Å². The Kier molecular flexibility index (Phi) is 4.60. The number of hydrogen-bond donors (Lipinski definition) is 1. The van der Waals surface area contributed by atoms with E-state index in [0.717, 1.165) is 0 Å². The zero-order chi connectivity index (χ0) is 20.8. The third-order valence-corrected chi connectivity index (χ3v) is 8.96. The van der Waals surface area contributed by atoms with Crippen LogP contribution in [0.15, 0.2) is 82.6 Å². The number of amides is 1. The van der Waals surface area contributed by atoms with E-state index in [4.69, 9.17) is 11.6 Å². The van der Waals surface area contributed by atoms with E-state index < -0.39 is 20.0 Å². The van der Waals surface area contributed by atoms with Crippen LogP contribution in [0.3, 0.4) is 0 Å². The van der Waals surface area contributed by atoms with E-state index in [9.17, 15) is 21.6 Å². The standard InChI is InChI=1S/C19H13ClN2O5S2/c20-14-7-5-13(6-8-14)19(23)21-15-9-11-16(12-10-15)22-28(24,25)17-3-1-2-4-18(17)29(22,26)27/h1-12H,(H,21,23). The number of hydrogen-bond acceptors (Lipinski definition) is 5. The molecule has 148 valence electrons. The topological polar surface area (TPSA) is 101 Å². The molecule has 0 saturated heterocycles. The number of rotatable bonds is 3. The summed E-state index contributed by atoms with van der Waals surface area (Å²) in [5.74, 6) is -0.386. The minimum atomic E-state index is -4.24. The van der Waals surface area contributed by atoms with Crippen LogP contribution in [0.25, 0.3) is 0 Å². The van der Waals surface area contributed by atoms with Gasteiger partial charge in [0.1, 0.15) is 9.79 Å². The Hall–Kier alpha value is -2.88. The lowest BCUT2D eigenvalue weighted by molar-refractivity contribution is 0.102. The summed E-state index contributed by atoms with van der Waals surface area (Å²) in [5.41, 5.74) is 0.713. The van der Waals surface area contributed by atoms with E-state index in [0.29, 0.717) is 20.0 Å². The van der Waals surface area contributed by atoms with Gasteiger partial charge < -0.3 is 5.32 Å². The third-order valence-electron chi connectivity index (χ3n) is 4.28. The van der Waals surface area contributed by atoms with E-state index in [1.54, 1.807) is 24.3 Å². The van der Waals surface area contributed by atoms with E-state index in [-0.39, 0.29) is 21.4 Å². The van der Waals surface area contributed by atoms with Crippen LogP contribution in [0.5, 0.6) is 0 Å². The van der Waals surface area contributed by atoms with Crippen LogP contribution in [0.4, 0.5) is 11.4 Å². The van der Waals surface area contributed by atoms with Crippen molar-refractivity contribution in [2.75, 3.05) is 9.03 Å². The minimum absolute atomic E-state index is 0.0503.